The van der Waals surface area contributed by atoms with Gasteiger partial charge in [-0.25, -0.2) is 4.57 Å². The van der Waals surface area contributed by atoms with Crippen LogP contribution >= 0.6 is 7.82 Å². The molecule has 0 fully saturated rings. The van der Waals surface area contributed by atoms with Crippen LogP contribution in [0.25, 0.3) is 0 Å². The van der Waals surface area contributed by atoms with Crippen molar-refractivity contribution in [3.05, 3.63) is 134 Å². The molecule has 0 aliphatic rings. The lowest BCUT2D eigenvalue weighted by molar-refractivity contribution is -0.870. The molecule has 0 rings (SSSR count). The van der Waals surface area contributed by atoms with Crippen LogP contribution in [0.5, 0.6) is 0 Å². The largest absolute Gasteiger partial charge is 0.472 e. The number of allylic oxidation sites excluding steroid dienone is 22. The third-order valence-electron chi connectivity index (χ3n) is 16.7. The van der Waals surface area contributed by atoms with Gasteiger partial charge in [0.15, 0.2) is 6.10 Å². The van der Waals surface area contributed by atoms with Gasteiger partial charge >= 0.3 is 19.8 Å². The SMILES string of the molecule is CC/C=C\C/C=C\C/C=C\C/C=C\C/C=C\C/C=C\C/C=C\CCCCCCCCCCCCCCCCCCCC(=O)OC(COC(=O)CCCCCCCCCCCCCCCCCCCC/C=C\C/C=C\C/C=C\C/C=C\CC)COP(=O)(O)OCC[N+](C)(C)C. The Morgan fingerprint density at radius 2 is 0.574 bits per heavy atom. The zero-order chi connectivity index (χ0) is 68.3. The predicted molar refractivity (Wildman–Crippen MR) is 408 cm³/mol. The van der Waals surface area contributed by atoms with E-state index in [1.165, 1.54) is 199 Å². The summed E-state index contributed by atoms with van der Waals surface area (Å²) in [5.74, 6) is -0.787. The Bertz CT molecular complexity index is 2050. The van der Waals surface area contributed by atoms with Gasteiger partial charge in [0.05, 0.1) is 27.7 Å². The topological polar surface area (TPSA) is 108 Å². The third kappa shape index (κ3) is 77.2. The minimum absolute atomic E-state index is 0.0292. The number of rotatable bonds is 71. The van der Waals surface area contributed by atoms with Crippen molar-refractivity contribution in [1.82, 2.24) is 0 Å². The van der Waals surface area contributed by atoms with Crippen molar-refractivity contribution >= 4 is 19.8 Å². The third-order valence-corrected chi connectivity index (χ3v) is 17.7. The van der Waals surface area contributed by atoms with Gasteiger partial charge in [-0.2, -0.15) is 0 Å². The molecular formula is C84H147NO8P+. The van der Waals surface area contributed by atoms with E-state index < -0.39 is 26.5 Å². The van der Waals surface area contributed by atoms with Gasteiger partial charge in [0.1, 0.15) is 19.8 Å². The van der Waals surface area contributed by atoms with Crippen molar-refractivity contribution in [3.8, 4) is 0 Å². The van der Waals surface area contributed by atoms with Crippen LogP contribution in [0, 0.1) is 0 Å². The van der Waals surface area contributed by atoms with Crippen molar-refractivity contribution in [1.29, 1.82) is 0 Å². The fraction of sp³-hybridized carbons (Fsp3) is 0.714. The van der Waals surface area contributed by atoms with Crippen molar-refractivity contribution in [2.75, 3.05) is 47.5 Å². The molecule has 2 unspecified atom stereocenters. The van der Waals surface area contributed by atoms with E-state index in [9.17, 15) is 19.0 Å². The first-order chi connectivity index (χ1) is 46.0. The zero-order valence-electron chi connectivity index (χ0n) is 61.7. The lowest BCUT2D eigenvalue weighted by atomic mass is 10.0. The second-order valence-corrected chi connectivity index (χ2v) is 28.4. The van der Waals surface area contributed by atoms with E-state index in [-0.39, 0.29) is 32.0 Å². The Hall–Kier alpha value is -3.85. The maximum Gasteiger partial charge on any atom is 0.472 e. The van der Waals surface area contributed by atoms with Crippen molar-refractivity contribution in [2.24, 2.45) is 0 Å². The number of quaternary nitrogens is 1. The van der Waals surface area contributed by atoms with Crippen LogP contribution in [-0.4, -0.2) is 74.9 Å². The number of hydrogen-bond acceptors (Lipinski definition) is 7. The number of carbonyl (C=O) groups is 2. The minimum Gasteiger partial charge on any atom is -0.462 e. The van der Waals surface area contributed by atoms with E-state index in [1.807, 2.05) is 21.1 Å². The summed E-state index contributed by atoms with van der Waals surface area (Å²) < 4.78 is 34.8. The standard InChI is InChI=1S/C84H146NO8P/c1-6-8-10-12-14-16-18-20-22-24-26-28-30-32-34-36-38-39-40-41-42-43-44-45-47-49-51-53-55-57-59-61-63-65-67-69-71-73-75-77-84(87)93-82(81-92-94(88,89)91-79-78-85(3,4)5)80-90-83(86)76-74-72-70-68-66-64-62-60-58-56-54-52-50-48-46-37-35-33-31-29-27-25-23-21-19-17-15-13-11-9-7-2/h8-11,14-17,20-23,26-29,32,34,38-39,41-42,82H,6-7,12-13,18-19,24-25,30-31,33,35-37,40,43-81H2,1-5H3/p+1/b10-8-,11-9-,16-14-,17-15-,22-20-,23-21-,28-26-,29-27-,34-32-,39-38-,42-41-. The second kappa shape index (κ2) is 73.4. The van der Waals surface area contributed by atoms with E-state index >= 15 is 0 Å². The molecule has 9 nitrogen and oxygen atoms in total. The van der Waals surface area contributed by atoms with Crippen molar-refractivity contribution < 1.29 is 42.1 Å². The maximum absolute atomic E-state index is 12.9. The van der Waals surface area contributed by atoms with Gasteiger partial charge in [0.25, 0.3) is 0 Å². The molecular weight excluding hydrogens is 1180 g/mol. The number of ether oxygens (including phenoxy) is 2. The van der Waals surface area contributed by atoms with Gasteiger partial charge in [0, 0.05) is 12.8 Å². The first kappa shape index (κ1) is 90.2. The summed E-state index contributed by atoms with van der Waals surface area (Å²) in [5, 5.41) is 0. The van der Waals surface area contributed by atoms with Crippen LogP contribution in [0.4, 0.5) is 0 Å². The molecule has 2 atom stereocenters. The fourth-order valence-electron chi connectivity index (χ4n) is 10.8. The highest BCUT2D eigenvalue weighted by molar-refractivity contribution is 7.47. The number of nitrogens with zero attached hydrogens (tertiary/aromatic N) is 1. The Kier molecular flexibility index (Phi) is 70.4. The number of esters is 2. The van der Waals surface area contributed by atoms with Gasteiger partial charge in [-0.1, -0.05) is 347 Å². The van der Waals surface area contributed by atoms with Gasteiger partial charge in [0.2, 0.25) is 0 Å². The smallest absolute Gasteiger partial charge is 0.462 e. The molecule has 0 aromatic rings. The van der Waals surface area contributed by atoms with E-state index in [4.69, 9.17) is 18.5 Å². The van der Waals surface area contributed by atoms with Gasteiger partial charge < -0.3 is 18.9 Å². The summed E-state index contributed by atoms with van der Waals surface area (Å²) in [6.07, 6.45) is 107. The first-order valence-corrected chi connectivity index (χ1v) is 40.4. The van der Waals surface area contributed by atoms with Crippen LogP contribution in [0.15, 0.2) is 134 Å². The lowest BCUT2D eigenvalue weighted by Crippen LogP contribution is -2.37. The van der Waals surface area contributed by atoms with Crippen LogP contribution in [0.1, 0.15) is 335 Å². The van der Waals surface area contributed by atoms with Crippen LogP contribution in [-0.2, 0) is 32.7 Å². The van der Waals surface area contributed by atoms with E-state index in [0.29, 0.717) is 17.4 Å². The van der Waals surface area contributed by atoms with Crippen LogP contribution in [0.2, 0.25) is 0 Å². The molecule has 0 aliphatic heterocycles. The van der Waals surface area contributed by atoms with Crippen molar-refractivity contribution in [2.45, 2.75) is 341 Å². The molecule has 0 amide bonds. The van der Waals surface area contributed by atoms with E-state index in [2.05, 4.69) is 148 Å². The Labute approximate surface area is 581 Å². The zero-order valence-corrected chi connectivity index (χ0v) is 62.6. The van der Waals surface area contributed by atoms with Gasteiger partial charge in [-0.05, 0) is 109 Å². The molecule has 0 spiro atoms. The summed E-state index contributed by atoms with van der Waals surface area (Å²) >= 11 is 0. The monoisotopic (exact) mass is 1330 g/mol. The first-order valence-electron chi connectivity index (χ1n) is 38.9. The van der Waals surface area contributed by atoms with Crippen molar-refractivity contribution in [3.63, 3.8) is 0 Å². The number of unbranched alkanes of at least 4 members (excludes halogenated alkanes) is 35. The summed E-state index contributed by atoms with van der Waals surface area (Å²) in [6.45, 7) is 4.24. The Morgan fingerprint density at radius 3 is 0.851 bits per heavy atom. The van der Waals surface area contributed by atoms with Gasteiger partial charge in [-0.3, -0.25) is 18.6 Å². The molecule has 0 aromatic carbocycles. The summed E-state index contributed by atoms with van der Waals surface area (Å²) in [5.41, 5.74) is 0. The summed E-state index contributed by atoms with van der Waals surface area (Å²) in [6, 6.07) is 0. The van der Waals surface area contributed by atoms with Crippen LogP contribution < -0.4 is 0 Å². The number of phosphoric ester groups is 1. The molecule has 0 aliphatic carbocycles. The molecule has 94 heavy (non-hydrogen) atoms. The molecule has 0 saturated carbocycles. The number of hydrogen-bond donors (Lipinski definition) is 1. The minimum atomic E-state index is -4.40. The highest BCUT2D eigenvalue weighted by Crippen LogP contribution is 2.43. The Morgan fingerprint density at radius 1 is 0.330 bits per heavy atom. The highest BCUT2D eigenvalue weighted by atomic mass is 31.2. The number of carbonyl (C=O) groups excluding carboxylic acids is 2. The lowest BCUT2D eigenvalue weighted by Gasteiger charge is -2.24. The molecule has 0 saturated heterocycles. The maximum atomic E-state index is 12.9. The molecule has 0 heterocycles. The summed E-state index contributed by atoms with van der Waals surface area (Å²) in [7, 11) is 1.48. The second-order valence-electron chi connectivity index (χ2n) is 27.0. The average Bonchev–Trinajstić information content (AvgIpc) is 1.56. The quantitative estimate of drug-likeness (QED) is 0.0211. The van der Waals surface area contributed by atoms with E-state index in [0.717, 1.165) is 103 Å². The Balaban J connectivity index is 3.98. The van der Waals surface area contributed by atoms with Gasteiger partial charge in [-0.15, -0.1) is 0 Å². The highest BCUT2D eigenvalue weighted by Gasteiger charge is 2.27. The summed E-state index contributed by atoms with van der Waals surface area (Å²) in [4.78, 5) is 36.0. The number of phosphoric acid groups is 1. The molecule has 0 aromatic heterocycles. The average molecular weight is 1330 g/mol. The normalized spacial score (nSPS) is 13.8. The molecule has 540 valence electrons. The molecule has 1 N–H and O–H groups in total. The molecule has 0 radical (unpaired) electrons. The number of likely N-dealkylation sites (N-methyl/N-ethyl adjacent to an activating group) is 1. The molecule has 10 heteroatoms. The van der Waals surface area contributed by atoms with E-state index in [1.54, 1.807) is 0 Å². The van der Waals surface area contributed by atoms with Crippen LogP contribution in [0.3, 0.4) is 0 Å². The predicted octanol–water partition coefficient (Wildman–Crippen LogP) is 25.9. The fourth-order valence-corrected chi connectivity index (χ4v) is 11.6. The molecule has 0 bridgehead atoms.